The van der Waals surface area contributed by atoms with Gasteiger partial charge in [-0.25, -0.2) is 4.79 Å². The topological polar surface area (TPSA) is 62.6 Å². The fourth-order valence-electron chi connectivity index (χ4n) is 1.82. The molecule has 6 heteroatoms. The highest BCUT2D eigenvalue weighted by Gasteiger charge is 2.14. The first-order valence-corrected chi connectivity index (χ1v) is 7.14. The predicted molar refractivity (Wildman–Crippen MR) is 74.5 cm³/mol. The van der Waals surface area contributed by atoms with Crippen LogP contribution in [0.4, 0.5) is 0 Å². The Labute approximate surface area is 120 Å². The highest BCUT2D eigenvalue weighted by molar-refractivity contribution is 5.86. The van der Waals surface area contributed by atoms with Crippen LogP contribution < -0.4 is 0 Å². The Balaban J connectivity index is 0.000000956. The van der Waals surface area contributed by atoms with Crippen LogP contribution >= 0.6 is 0 Å². The summed E-state index contributed by atoms with van der Waals surface area (Å²) in [6.07, 6.45) is 4.86. The van der Waals surface area contributed by atoms with Gasteiger partial charge in [0.25, 0.3) is 0 Å². The minimum atomic E-state index is -0.426. The molecule has 2 rings (SSSR count). The molecule has 6 nitrogen and oxygen atoms in total. The number of ether oxygens (including phenoxy) is 3. The summed E-state index contributed by atoms with van der Waals surface area (Å²) >= 11 is 0. The zero-order valence-electron chi connectivity index (χ0n) is 12.5. The van der Waals surface area contributed by atoms with Crippen LogP contribution in [-0.4, -0.2) is 42.4 Å². The summed E-state index contributed by atoms with van der Waals surface area (Å²) in [4.78, 5) is 11.2. The van der Waals surface area contributed by atoms with Gasteiger partial charge in [-0.1, -0.05) is 13.8 Å². The van der Waals surface area contributed by atoms with Crippen molar-refractivity contribution in [3.8, 4) is 0 Å². The van der Waals surface area contributed by atoms with Crippen LogP contribution in [0.1, 0.15) is 43.6 Å². The minimum Gasteiger partial charge on any atom is -0.464 e. The molecular formula is C14H24N2O4. The number of hydrogen-bond acceptors (Lipinski definition) is 5. The highest BCUT2D eigenvalue weighted by Crippen LogP contribution is 2.13. The van der Waals surface area contributed by atoms with Crippen molar-refractivity contribution in [2.45, 2.75) is 45.9 Å². The van der Waals surface area contributed by atoms with Crippen LogP contribution in [0.15, 0.2) is 12.3 Å². The first-order chi connectivity index (χ1) is 9.79. The van der Waals surface area contributed by atoms with Gasteiger partial charge in [0.1, 0.15) is 0 Å². The van der Waals surface area contributed by atoms with Crippen molar-refractivity contribution in [3.05, 3.63) is 18.0 Å². The zero-order chi connectivity index (χ0) is 14.8. The molecule has 114 valence electrons. The van der Waals surface area contributed by atoms with Crippen molar-refractivity contribution >= 4 is 5.97 Å². The molecule has 0 aromatic carbocycles. The van der Waals surface area contributed by atoms with E-state index >= 15 is 0 Å². The largest absolute Gasteiger partial charge is 0.464 e. The van der Waals surface area contributed by atoms with Gasteiger partial charge < -0.3 is 14.2 Å². The Morgan fingerprint density at radius 1 is 1.50 bits per heavy atom. The van der Waals surface area contributed by atoms with E-state index in [1.807, 2.05) is 13.8 Å². The first kappa shape index (κ1) is 16.7. The lowest BCUT2D eigenvalue weighted by molar-refractivity contribution is -0.163. The molecule has 0 saturated carbocycles. The van der Waals surface area contributed by atoms with E-state index in [0.717, 1.165) is 25.9 Å². The van der Waals surface area contributed by atoms with E-state index in [1.54, 1.807) is 16.9 Å². The van der Waals surface area contributed by atoms with E-state index in [-0.39, 0.29) is 6.29 Å². The average Bonchev–Trinajstić information content (AvgIpc) is 2.98. The van der Waals surface area contributed by atoms with Gasteiger partial charge in [0.2, 0.25) is 0 Å². The number of carbonyl (C=O) groups excluding carboxylic acids is 1. The minimum absolute atomic E-state index is 0.0885. The van der Waals surface area contributed by atoms with Crippen molar-refractivity contribution < 1.29 is 19.0 Å². The van der Waals surface area contributed by atoms with Crippen molar-refractivity contribution in [2.24, 2.45) is 0 Å². The number of rotatable bonds is 5. The molecule has 1 saturated heterocycles. The second-order valence-electron chi connectivity index (χ2n) is 4.12. The molecule has 2 heterocycles. The lowest BCUT2D eigenvalue weighted by atomic mass is 10.2. The fourth-order valence-corrected chi connectivity index (χ4v) is 1.82. The molecule has 20 heavy (non-hydrogen) atoms. The smallest absolute Gasteiger partial charge is 0.358 e. The SMILES string of the molecule is CC.COC(=O)c1ccn(CCOC2CCCCO2)n1. The molecule has 0 aliphatic carbocycles. The summed E-state index contributed by atoms with van der Waals surface area (Å²) in [7, 11) is 1.34. The number of carbonyl (C=O) groups is 1. The summed E-state index contributed by atoms with van der Waals surface area (Å²) < 4.78 is 17.3. The van der Waals surface area contributed by atoms with Gasteiger partial charge in [0.05, 0.1) is 20.3 Å². The molecule has 1 aliphatic heterocycles. The summed E-state index contributed by atoms with van der Waals surface area (Å²) in [6.45, 7) is 5.89. The average molecular weight is 284 g/mol. The summed E-state index contributed by atoms with van der Waals surface area (Å²) in [5, 5.41) is 4.08. The summed E-state index contributed by atoms with van der Waals surface area (Å²) in [6, 6.07) is 1.63. The number of nitrogens with zero attached hydrogens (tertiary/aromatic N) is 2. The Kier molecular flexibility index (Phi) is 7.91. The van der Waals surface area contributed by atoms with E-state index < -0.39 is 5.97 Å². The molecule has 0 N–H and O–H groups in total. The van der Waals surface area contributed by atoms with Crippen molar-refractivity contribution in [1.82, 2.24) is 9.78 Å². The van der Waals surface area contributed by atoms with E-state index in [9.17, 15) is 4.79 Å². The van der Waals surface area contributed by atoms with E-state index in [1.165, 1.54) is 7.11 Å². The third kappa shape index (κ3) is 5.30. The normalized spacial score (nSPS) is 18.1. The molecule has 0 bridgehead atoms. The highest BCUT2D eigenvalue weighted by atomic mass is 16.7. The summed E-state index contributed by atoms with van der Waals surface area (Å²) in [5.41, 5.74) is 0.311. The lowest BCUT2D eigenvalue weighted by Crippen LogP contribution is -2.24. The van der Waals surface area contributed by atoms with E-state index in [2.05, 4.69) is 9.84 Å². The predicted octanol–water partition coefficient (Wildman–Crippen LogP) is 2.24. The number of esters is 1. The maximum atomic E-state index is 11.2. The number of methoxy groups -OCH3 is 1. The van der Waals surface area contributed by atoms with Gasteiger partial charge in [-0.15, -0.1) is 0 Å². The molecule has 1 aromatic heterocycles. The van der Waals surface area contributed by atoms with Gasteiger partial charge in [0.15, 0.2) is 12.0 Å². The molecular weight excluding hydrogens is 260 g/mol. The van der Waals surface area contributed by atoms with Gasteiger partial charge in [-0.2, -0.15) is 5.10 Å². The second kappa shape index (κ2) is 9.50. The Hall–Kier alpha value is -1.40. The Morgan fingerprint density at radius 2 is 2.30 bits per heavy atom. The fraction of sp³-hybridized carbons (Fsp3) is 0.714. The van der Waals surface area contributed by atoms with Crippen LogP contribution in [0.2, 0.25) is 0 Å². The third-order valence-corrected chi connectivity index (χ3v) is 2.80. The molecule has 0 amide bonds. The lowest BCUT2D eigenvalue weighted by Gasteiger charge is -2.22. The molecule has 1 aromatic rings. The zero-order valence-corrected chi connectivity index (χ0v) is 12.5. The van der Waals surface area contributed by atoms with Crippen LogP contribution in [-0.2, 0) is 20.8 Å². The van der Waals surface area contributed by atoms with Gasteiger partial charge in [-0.3, -0.25) is 4.68 Å². The van der Waals surface area contributed by atoms with Crippen molar-refractivity contribution in [2.75, 3.05) is 20.3 Å². The third-order valence-electron chi connectivity index (χ3n) is 2.80. The van der Waals surface area contributed by atoms with Gasteiger partial charge >= 0.3 is 5.97 Å². The van der Waals surface area contributed by atoms with Gasteiger partial charge in [0, 0.05) is 12.8 Å². The maximum Gasteiger partial charge on any atom is 0.358 e. The number of hydrogen-bond donors (Lipinski definition) is 0. The Morgan fingerprint density at radius 3 is 2.95 bits per heavy atom. The monoisotopic (exact) mass is 284 g/mol. The van der Waals surface area contributed by atoms with Crippen LogP contribution in [0.3, 0.4) is 0 Å². The van der Waals surface area contributed by atoms with Crippen molar-refractivity contribution in [1.29, 1.82) is 0 Å². The second-order valence-corrected chi connectivity index (χ2v) is 4.12. The number of aromatic nitrogens is 2. The molecule has 1 fully saturated rings. The van der Waals surface area contributed by atoms with Crippen LogP contribution in [0, 0.1) is 0 Å². The molecule has 0 spiro atoms. The Bertz CT molecular complexity index is 386. The van der Waals surface area contributed by atoms with E-state index in [4.69, 9.17) is 9.47 Å². The molecule has 1 unspecified atom stereocenters. The quantitative estimate of drug-likeness (QED) is 0.776. The van der Waals surface area contributed by atoms with Crippen LogP contribution in [0.5, 0.6) is 0 Å². The summed E-state index contributed by atoms with van der Waals surface area (Å²) in [5.74, 6) is -0.426. The van der Waals surface area contributed by atoms with E-state index in [0.29, 0.717) is 18.8 Å². The molecule has 1 aliphatic rings. The first-order valence-electron chi connectivity index (χ1n) is 7.14. The van der Waals surface area contributed by atoms with Crippen LogP contribution in [0.25, 0.3) is 0 Å². The molecule has 0 radical (unpaired) electrons. The van der Waals surface area contributed by atoms with Crippen molar-refractivity contribution in [3.63, 3.8) is 0 Å². The molecule has 1 atom stereocenters. The maximum absolute atomic E-state index is 11.2. The van der Waals surface area contributed by atoms with Gasteiger partial charge in [-0.05, 0) is 25.3 Å². The standard InChI is InChI=1S/C12H18N2O4.C2H6/c1-16-12(15)10-5-6-14(13-10)7-9-18-11-4-2-3-8-17-11;1-2/h5-6,11H,2-4,7-9H2,1H3;1-2H3.